The van der Waals surface area contributed by atoms with Crippen LogP contribution in [0, 0.1) is 11.3 Å². The third-order valence-corrected chi connectivity index (χ3v) is 15.9. The third kappa shape index (κ3) is 7.88. The maximum Gasteiger partial charge on any atom is 0.338 e. The van der Waals surface area contributed by atoms with E-state index in [1.807, 2.05) is 60.7 Å². The summed E-state index contributed by atoms with van der Waals surface area (Å²) in [4.78, 5) is 28.6. The predicted molar refractivity (Wildman–Crippen MR) is 194 cm³/mol. The first kappa shape index (κ1) is 37.0. The number of hydrogen-bond donors (Lipinski definition) is 0. The van der Waals surface area contributed by atoms with E-state index in [0.29, 0.717) is 37.9 Å². The van der Waals surface area contributed by atoms with Gasteiger partial charge in [0.15, 0.2) is 14.4 Å². The van der Waals surface area contributed by atoms with Crippen LogP contribution in [0.25, 0.3) is 0 Å². The number of carbonyl (C=O) groups is 2. The smallest absolute Gasteiger partial charge is 0.338 e. The van der Waals surface area contributed by atoms with Gasteiger partial charge in [-0.05, 0) is 85.1 Å². The van der Waals surface area contributed by atoms with Crippen molar-refractivity contribution < 1.29 is 33.0 Å². The van der Waals surface area contributed by atoms with Crippen molar-refractivity contribution in [2.75, 3.05) is 7.11 Å². The van der Waals surface area contributed by atoms with Crippen molar-refractivity contribution in [1.82, 2.24) is 0 Å². The van der Waals surface area contributed by atoms with E-state index in [0.717, 1.165) is 16.9 Å². The molecule has 8 heteroatoms. The van der Waals surface area contributed by atoms with Gasteiger partial charge >= 0.3 is 5.97 Å². The molecule has 2 saturated carbocycles. The monoisotopic (exact) mass is 686 g/mol. The molecule has 2 aliphatic rings. The molecule has 5 atom stereocenters. The van der Waals surface area contributed by atoms with Crippen LogP contribution in [-0.4, -0.2) is 51.1 Å². The Morgan fingerprint density at radius 2 is 1.45 bits per heavy atom. The molecule has 7 nitrogen and oxygen atoms in total. The second-order valence-corrected chi connectivity index (χ2v) is 20.5. The van der Waals surface area contributed by atoms with Crippen LogP contribution < -0.4 is 4.74 Å². The van der Waals surface area contributed by atoms with Gasteiger partial charge in [0, 0.05) is 5.41 Å². The molecule has 0 saturated heterocycles. The number of ether oxygens (including phenoxy) is 4. The van der Waals surface area contributed by atoms with E-state index in [9.17, 15) is 4.79 Å². The van der Waals surface area contributed by atoms with Gasteiger partial charge in [0.25, 0.3) is 0 Å². The molecule has 2 bridgehead atoms. The Balaban J connectivity index is 1.57. The maximum atomic E-state index is 15.0. The molecule has 0 aromatic heterocycles. The molecule has 3 aromatic rings. The molecular weight excluding hydrogens is 633 g/mol. The summed E-state index contributed by atoms with van der Waals surface area (Å²) in [5, 5.41) is -0.0469. The lowest BCUT2D eigenvalue weighted by molar-refractivity contribution is -0.178. The average Bonchev–Trinajstić information content (AvgIpc) is 3.35. The summed E-state index contributed by atoms with van der Waals surface area (Å²) in [6.07, 6.45) is 0.342. The summed E-state index contributed by atoms with van der Waals surface area (Å²) in [7, 11) is -0.649. The fourth-order valence-corrected chi connectivity index (χ4v) is 8.66. The molecule has 2 aliphatic carbocycles. The molecule has 0 N–H and O–H groups in total. The standard InChI is InChI=1S/C41H54O7Si/c1-39(2,3)49(7,8)48-34-23-24-35(47-38(43)31-17-13-10-14-18-31)37(42)41(46-28-29-15-11-9-12-16-29)26-25-33(40(41,4)5)36(34)45-27-30-19-21-32(44-6)22-20-30/h9-22,33-36H,23-28H2,1-8H3/t33?,34-,35+,36+,41?/m0/s1. The average molecular weight is 687 g/mol. The van der Waals surface area contributed by atoms with Crippen molar-refractivity contribution in [1.29, 1.82) is 0 Å². The van der Waals surface area contributed by atoms with E-state index in [4.69, 9.17) is 23.4 Å². The Bertz CT molecular complexity index is 1550. The van der Waals surface area contributed by atoms with Gasteiger partial charge in [0.1, 0.15) is 11.4 Å². The second kappa shape index (κ2) is 14.9. The van der Waals surface area contributed by atoms with E-state index in [-0.39, 0.29) is 35.6 Å². The van der Waals surface area contributed by atoms with Crippen LogP contribution in [0.15, 0.2) is 84.9 Å². The Morgan fingerprint density at radius 1 is 0.837 bits per heavy atom. The van der Waals surface area contributed by atoms with Gasteiger partial charge in [-0.25, -0.2) is 4.79 Å². The number of ketones is 1. The highest BCUT2D eigenvalue weighted by atomic mass is 28.4. The van der Waals surface area contributed by atoms with E-state index in [1.165, 1.54) is 0 Å². The van der Waals surface area contributed by atoms with Gasteiger partial charge in [-0.3, -0.25) is 4.79 Å². The summed E-state index contributed by atoms with van der Waals surface area (Å²) in [5.74, 6) is 0.0287. The SMILES string of the molecule is COc1ccc(CO[C@@H]2C3CCC(OCc4ccccc4)(C(=O)[C@H](OC(=O)c4ccccc4)CC[C@@H]2O[Si](C)(C)C(C)(C)C)C3(C)C)cc1. The Hall–Kier alpha value is -3.30. The first-order valence-electron chi connectivity index (χ1n) is 17.6. The molecule has 0 heterocycles. The van der Waals surface area contributed by atoms with Crippen LogP contribution in [0.1, 0.15) is 81.8 Å². The quantitative estimate of drug-likeness (QED) is 0.147. The molecule has 0 aliphatic heterocycles. The molecule has 2 fully saturated rings. The van der Waals surface area contributed by atoms with Crippen LogP contribution in [0.3, 0.4) is 0 Å². The van der Waals surface area contributed by atoms with E-state index in [2.05, 4.69) is 47.7 Å². The molecule has 49 heavy (non-hydrogen) atoms. The molecule has 0 amide bonds. The Kier molecular flexibility index (Phi) is 11.2. The van der Waals surface area contributed by atoms with Crippen molar-refractivity contribution in [2.24, 2.45) is 11.3 Å². The molecular formula is C41H54O7Si. The van der Waals surface area contributed by atoms with E-state index in [1.54, 1.807) is 31.4 Å². The van der Waals surface area contributed by atoms with Gasteiger partial charge < -0.3 is 23.4 Å². The minimum atomic E-state index is -2.31. The van der Waals surface area contributed by atoms with Gasteiger partial charge in [0.2, 0.25) is 5.78 Å². The highest BCUT2D eigenvalue weighted by Crippen LogP contribution is 2.57. The lowest BCUT2D eigenvalue weighted by Crippen LogP contribution is -2.57. The van der Waals surface area contributed by atoms with Gasteiger partial charge in [-0.15, -0.1) is 0 Å². The topological polar surface area (TPSA) is 80.3 Å². The number of methoxy groups -OCH3 is 1. The van der Waals surface area contributed by atoms with Crippen molar-refractivity contribution in [2.45, 2.75) is 116 Å². The zero-order chi connectivity index (χ0) is 35.5. The molecule has 3 aromatic carbocycles. The first-order valence-corrected chi connectivity index (χ1v) is 20.5. The van der Waals surface area contributed by atoms with Crippen molar-refractivity contribution in [3.8, 4) is 5.75 Å². The summed E-state index contributed by atoms with van der Waals surface area (Å²) in [6.45, 7) is 16.1. The van der Waals surface area contributed by atoms with Crippen LogP contribution >= 0.6 is 0 Å². The largest absolute Gasteiger partial charge is 0.497 e. The molecule has 5 rings (SSSR count). The highest BCUT2D eigenvalue weighted by molar-refractivity contribution is 6.74. The summed E-state index contributed by atoms with van der Waals surface area (Å²) in [5.41, 5.74) is 0.531. The molecule has 2 unspecified atom stereocenters. The number of esters is 1. The predicted octanol–water partition coefficient (Wildman–Crippen LogP) is 8.95. The normalized spacial score (nSPS) is 25.6. The molecule has 264 valence electrons. The van der Waals surface area contributed by atoms with E-state index < -0.39 is 31.4 Å². The number of carbonyl (C=O) groups excluding carboxylic acids is 2. The summed E-state index contributed by atoms with van der Waals surface area (Å²) >= 11 is 0. The number of fused-ring (bicyclic) bond motifs is 2. The fraction of sp³-hybridized carbons (Fsp3) is 0.512. The minimum absolute atomic E-state index is 0.0469. The number of Topliss-reactive ketones (excluding diaryl/α,β-unsaturated/α-hetero) is 1. The third-order valence-electron chi connectivity index (χ3n) is 11.4. The summed E-state index contributed by atoms with van der Waals surface area (Å²) < 4.78 is 32.7. The van der Waals surface area contributed by atoms with Crippen molar-refractivity contribution in [3.05, 3.63) is 102 Å². The zero-order valence-corrected chi connectivity index (χ0v) is 31.5. The maximum absolute atomic E-state index is 15.0. The van der Waals surface area contributed by atoms with Crippen LogP contribution in [0.2, 0.25) is 18.1 Å². The lowest BCUT2D eigenvalue weighted by atomic mass is 9.67. The Labute approximate surface area is 293 Å². The van der Waals surface area contributed by atoms with Crippen molar-refractivity contribution in [3.63, 3.8) is 0 Å². The summed E-state index contributed by atoms with van der Waals surface area (Å²) in [6, 6.07) is 26.7. The number of rotatable bonds is 11. The fourth-order valence-electron chi connectivity index (χ4n) is 7.30. The Morgan fingerprint density at radius 3 is 2.06 bits per heavy atom. The molecule has 0 radical (unpaired) electrons. The van der Waals surface area contributed by atoms with Gasteiger partial charge in [0.05, 0.1) is 38.1 Å². The lowest BCUT2D eigenvalue weighted by Gasteiger charge is -2.47. The number of hydrogen-bond acceptors (Lipinski definition) is 7. The van der Waals surface area contributed by atoms with Gasteiger partial charge in [-0.1, -0.05) is 95.3 Å². The molecule has 0 spiro atoms. The van der Waals surface area contributed by atoms with Gasteiger partial charge in [-0.2, -0.15) is 0 Å². The first-order chi connectivity index (χ1) is 23.2. The van der Waals surface area contributed by atoms with Crippen LogP contribution in [0.5, 0.6) is 5.75 Å². The second-order valence-electron chi connectivity index (χ2n) is 15.7. The highest BCUT2D eigenvalue weighted by Gasteiger charge is 2.65. The van der Waals surface area contributed by atoms with E-state index >= 15 is 4.79 Å². The minimum Gasteiger partial charge on any atom is -0.497 e. The number of benzene rings is 3. The van der Waals surface area contributed by atoms with Crippen LogP contribution in [0.4, 0.5) is 0 Å². The van der Waals surface area contributed by atoms with Crippen molar-refractivity contribution >= 4 is 20.1 Å². The zero-order valence-electron chi connectivity index (χ0n) is 30.5. The van der Waals surface area contributed by atoms with Crippen LogP contribution in [-0.2, 0) is 36.6 Å².